The highest BCUT2D eigenvalue weighted by molar-refractivity contribution is 7.89. The van der Waals surface area contributed by atoms with Crippen molar-refractivity contribution in [1.82, 2.24) is 14.2 Å². The van der Waals surface area contributed by atoms with Crippen LogP contribution in [0.1, 0.15) is 16.8 Å². The number of halogens is 1. The van der Waals surface area contributed by atoms with Crippen molar-refractivity contribution in [3.05, 3.63) is 71.2 Å². The van der Waals surface area contributed by atoms with E-state index < -0.39 is 15.8 Å². The van der Waals surface area contributed by atoms with E-state index in [1.54, 1.807) is 4.90 Å². The van der Waals surface area contributed by atoms with Gasteiger partial charge in [-0.15, -0.1) is 0 Å². The maximum atomic E-state index is 13.1. The number of nitrogens with zero attached hydrogens (tertiary/aromatic N) is 3. The standard InChI is InChI=1S/C23H24FN3O3S/c1-16-20-5-3-4-6-22(20)25-17(2)21(16)15-23(28)26-11-13-27(14-12-26)31(29,30)19-9-7-18(24)8-10-19/h3-10H,11-15H2,1-2H3. The number of aromatic nitrogens is 1. The number of carbonyl (C=O) groups excluding carboxylic acids is 1. The van der Waals surface area contributed by atoms with E-state index in [0.717, 1.165) is 39.9 Å². The summed E-state index contributed by atoms with van der Waals surface area (Å²) < 4.78 is 40.0. The Kier molecular flexibility index (Phi) is 5.77. The van der Waals surface area contributed by atoms with Crippen molar-refractivity contribution in [2.24, 2.45) is 0 Å². The van der Waals surface area contributed by atoms with Crippen LogP contribution in [0.3, 0.4) is 0 Å². The van der Waals surface area contributed by atoms with Crippen LogP contribution in [0.4, 0.5) is 4.39 Å². The van der Waals surface area contributed by atoms with E-state index in [0.29, 0.717) is 13.1 Å². The van der Waals surface area contributed by atoms with Crippen molar-refractivity contribution in [3.63, 3.8) is 0 Å². The van der Waals surface area contributed by atoms with Gasteiger partial charge in [-0.2, -0.15) is 4.31 Å². The number of benzene rings is 2. The molecule has 3 aromatic rings. The van der Waals surface area contributed by atoms with Gasteiger partial charge in [0.1, 0.15) is 5.82 Å². The molecular formula is C23H24FN3O3S. The minimum Gasteiger partial charge on any atom is -0.340 e. The van der Waals surface area contributed by atoms with Gasteiger partial charge in [-0.3, -0.25) is 9.78 Å². The number of hydrogen-bond acceptors (Lipinski definition) is 4. The molecule has 0 atom stereocenters. The quantitative estimate of drug-likeness (QED) is 0.624. The lowest BCUT2D eigenvalue weighted by Gasteiger charge is -2.34. The van der Waals surface area contributed by atoms with E-state index in [4.69, 9.17) is 0 Å². The van der Waals surface area contributed by atoms with Crippen molar-refractivity contribution in [3.8, 4) is 0 Å². The molecule has 0 N–H and O–H groups in total. The lowest BCUT2D eigenvalue weighted by molar-refractivity contribution is -0.131. The minimum absolute atomic E-state index is 0.0397. The zero-order valence-corrected chi connectivity index (χ0v) is 18.3. The number of rotatable bonds is 4. The largest absolute Gasteiger partial charge is 0.340 e. The van der Waals surface area contributed by atoms with Gasteiger partial charge in [-0.05, 0) is 55.3 Å². The highest BCUT2D eigenvalue weighted by Crippen LogP contribution is 2.24. The predicted molar refractivity (Wildman–Crippen MR) is 117 cm³/mol. The first-order valence-corrected chi connectivity index (χ1v) is 11.6. The first-order valence-electron chi connectivity index (χ1n) is 10.2. The third kappa shape index (κ3) is 4.18. The summed E-state index contributed by atoms with van der Waals surface area (Å²) in [6.07, 6.45) is 0.236. The Morgan fingerprint density at radius 2 is 1.65 bits per heavy atom. The Morgan fingerprint density at radius 3 is 2.32 bits per heavy atom. The summed E-state index contributed by atoms with van der Waals surface area (Å²) in [6, 6.07) is 12.7. The van der Waals surface area contributed by atoms with Gasteiger partial charge in [0.25, 0.3) is 0 Å². The molecule has 162 valence electrons. The normalized spacial score (nSPS) is 15.4. The van der Waals surface area contributed by atoms with Crippen molar-refractivity contribution in [2.45, 2.75) is 25.2 Å². The molecule has 0 radical (unpaired) electrons. The summed E-state index contributed by atoms with van der Waals surface area (Å²) in [6.45, 7) is 4.97. The molecule has 2 aromatic carbocycles. The second-order valence-electron chi connectivity index (χ2n) is 7.73. The van der Waals surface area contributed by atoms with Gasteiger partial charge in [0.15, 0.2) is 0 Å². The Balaban J connectivity index is 1.45. The maximum Gasteiger partial charge on any atom is 0.243 e. The molecule has 4 rings (SSSR count). The zero-order chi connectivity index (χ0) is 22.2. The van der Waals surface area contributed by atoms with E-state index in [1.807, 2.05) is 38.1 Å². The van der Waals surface area contributed by atoms with E-state index in [1.165, 1.54) is 16.4 Å². The topological polar surface area (TPSA) is 70.6 Å². The Bertz CT molecular complexity index is 1230. The molecule has 0 unspecified atom stereocenters. The minimum atomic E-state index is -3.71. The number of carbonyl (C=O) groups is 1. The molecule has 0 bridgehead atoms. The van der Waals surface area contributed by atoms with E-state index in [9.17, 15) is 17.6 Å². The van der Waals surface area contributed by atoms with Crippen LogP contribution in [-0.2, 0) is 21.2 Å². The summed E-state index contributed by atoms with van der Waals surface area (Å²) in [5.74, 6) is -0.523. The number of sulfonamides is 1. The molecule has 0 saturated carbocycles. The van der Waals surface area contributed by atoms with Gasteiger partial charge >= 0.3 is 0 Å². The fourth-order valence-corrected chi connectivity index (χ4v) is 5.45. The second kappa shape index (κ2) is 8.36. The number of para-hydroxylation sites is 1. The van der Waals surface area contributed by atoms with Crippen LogP contribution in [0.2, 0.25) is 0 Å². The molecule has 8 heteroatoms. The van der Waals surface area contributed by atoms with Crippen molar-refractivity contribution in [1.29, 1.82) is 0 Å². The molecule has 2 heterocycles. The molecule has 0 aliphatic carbocycles. The van der Waals surface area contributed by atoms with E-state index in [-0.39, 0.29) is 30.3 Å². The number of aryl methyl sites for hydroxylation is 2. The summed E-state index contributed by atoms with van der Waals surface area (Å²) in [5, 5.41) is 1.03. The monoisotopic (exact) mass is 441 g/mol. The number of fused-ring (bicyclic) bond motifs is 1. The molecule has 1 aliphatic heterocycles. The van der Waals surface area contributed by atoms with Gasteiger partial charge in [0, 0.05) is 37.3 Å². The van der Waals surface area contributed by atoms with Gasteiger partial charge in [0.05, 0.1) is 16.8 Å². The average molecular weight is 442 g/mol. The molecular weight excluding hydrogens is 417 g/mol. The molecule has 1 fully saturated rings. The number of hydrogen-bond donors (Lipinski definition) is 0. The van der Waals surface area contributed by atoms with Gasteiger partial charge in [-0.25, -0.2) is 12.8 Å². The van der Waals surface area contributed by atoms with Crippen LogP contribution in [0.15, 0.2) is 53.4 Å². The zero-order valence-electron chi connectivity index (χ0n) is 17.5. The number of pyridine rings is 1. The summed E-state index contributed by atoms with van der Waals surface area (Å²) in [7, 11) is -3.71. The average Bonchev–Trinajstić information content (AvgIpc) is 2.77. The smallest absolute Gasteiger partial charge is 0.243 e. The first-order chi connectivity index (χ1) is 14.8. The fourth-order valence-electron chi connectivity index (χ4n) is 4.03. The van der Waals surface area contributed by atoms with E-state index in [2.05, 4.69) is 4.98 Å². The summed E-state index contributed by atoms with van der Waals surface area (Å²) in [4.78, 5) is 19.4. The molecule has 1 aromatic heterocycles. The lowest BCUT2D eigenvalue weighted by Crippen LogP contribution is -2.50. The first kappa shape index (κ1) is 21.4. The predicted octanol–water partition coefficient (Wildman–Crippen LogP) is 3.07. The lowest BCUT2D eigenvalue weighted by atomic mass is 9.99. The highest BCUT2D eigenvalue weighted by Gasteiger charge is 2.30. The van der Waals surface area contributed by atoms with Crippen LogP contribution < -0.4 is 0 Å². The molecule has 1 amide bonds. The third-order valence-electron chi connectivity index (χ3n) is 5.86. The van der Waals surface area contributed by atoms with Crippen LogP contribution in [-0.4, -0.2) is 54.7 Å². The van der Waals surface area contributed by atoms with Crippen LogP contribution in [0.25, 0.3) is 10.9 Å². The Labute approximate surface area is 181 Å². The SMILES string of the molecule is Cc1nc2ccccc2c(C)c1CC(=O)N1CCN(S(=O)(=O)c2ccc(F)cc2)CC1. The van der Waals surface area contributed by atoms with E-state index >= 15 is 0 Å². The van der Waals surface area contributed by atoms with Gasteiger partial charge in [-0.1, -0.05) is 18.2 Å². The van der Waals surface area contributed by atoms with Crippen LogP contribution in [0, 0.1) is 19.7 Å². The molecule has 1 saturated heterocycles. The summed E-state index contributed by atoms with van der Waals surface area (Å²) >= 11 is 0. The van der Waals surface area contributed by atoms with Gasteiger partial charge < -0.3 is 4.90 Å². The Morgan fingerprint density at radius 1 is 1.00 bits per heavy atom. The number of amides is 1. The summed E-state index contributed by atoms with van der Waals surface area (Å²) in [5.41, 5.74) is 3.72. The van der Waals surface area contributed by atoms with Gasteiger partial charge in [0.2, 0.25) is 15.9 Å². The van der Waals surface area contributed by atoms with Crippen molar-refractivity contribution >= 4 is 26.8 Å². The van der Waals surface area contributed by atoms with Crippen LogP contribution in [0.5, 0.6) is 0 Å². The molecule has 0 spiro atoms. The third-order valence-corrected chi connectivity index (χ3v) is 7.77. The molecule has 1 aliphatic rings. The van der Waals surface area contributed by atoms with Crippen LogP contribution >= 0.6 is 0 Å². The fraction of sp³-hybridized carbons (Fsp3) is 0.304. The second-order valence-corrected chi connectivity index (χ2v) is 9.67. The molecule has 6 nitrogen and oxygen atoms in total. The molecule has 31 heavy (non-hydrogen) atoms. The van der Waals surface area contributed by atoms with Crippen molar-refractivity contribution < 1.29 is 17.6 Å². The van der Waals surface area contributed by atoms with Crippen molar-refractivity contribution in [2.75, 3.05) is 26.2 Å². The Hall–Kier alpha value is -2.84. The maximum absolute atomic E-state index is 13.1. The highest BCUT2D eigenvalue weighted by atomic mass is 32.2. The number of piperazine rings is 1.